The van der Waals surface area contributed by atoms with Crippen LogP contribution in [-0.4, -0.2) is 72.3 Å². The highest BCUT2D eigenvalue weighted by atomic mass is 19.1. The van der Waals surface area contributed by atoms with Crippen molar-refractivity contribution in [2.75, 3.05) is 45.8 Å². The van der Waals surface area contributed by atoms with Crippen molar-refractivity contribution in [1.29, 1.82) is 0 Å². The average molecular weight is 457 g/mol. The molecule has 0 radical (unpaired) electrons. The predicted octanol–water partition coefficient (Wildman–Crippen LogP) is 2.40. The van der Waals surface area contributed by atoms with Gasteiger partial charge in [0.2, 0.25) is 11.8 Å². The number of halogens is 2. The van der Waals surface area contributed by atoms with Crippen LogP contribution in [0.25, 0.3) is 0 Å². The number of hydrogen-bond donors (Lipinski definition) is 1. The zero-order valence-corrected chi connectivity index (χ0v) is 18.6. The minimum Gasteiger partial charge on any atom is -0.369 e. The fourth-order valence-corrected chi connectivity index (χ4v) is 4.81. The quantitative estimate of drug-likeness (QED) is 0.725. The summed E-state index contributed by atoms with van der Waals surface area (Å²) in [7, 11) is 0. The first-order valence-corrected chi connectivity index (χ1v) is 11.4. The van der Waals surface area contributed by atoms with Crippen LogP contribution in [0.4, 0.5) is 8.78 Å². The van der Waals surface area contributed by atoms with Crippen molar-refractivity contribution >= 4 is 11.8 Å². The SMILES string of the molecule is NC(=O)C1CCCN(C(=O)CN2CCN(C(c3ccc(F)cc3)c3ccc(F)cc3)CC2)C1. The third kappa shape index (κ3) is 5.75. The van der Waals surface area contributed by atoms with Crippen LogP contribution in [0.5, 0.6) is 0 Å². The summed E-state index contributed by atoms with van der Waals surface area (Å²) >= 11 is 0. The van der Waals surface area contributed by atoms with E-state index >= 15 is 0 Å². The van der Waals surface area contributed by atoms with Gasteiger partial charge in [-0.2, -0.15) is 0 Å². The molecule has 1 unspecified atom stereocenters. The first-order chi connectivity index (χ1) is 15.9. The molecule has 2 aromatic rings. The lowest BCUT2D eigenvalue weighted by Crippen LogP contribution is -2.52. The summed E-state index contributed by atoms with van der Waals surface area (Å²) in [4.78, 5) is 30.5. The number of carbonyl (C=O) groups excluding carboxylic acids is 2. The normalized spacial score (nSPS) is 20.2. The molecule has 6 nitrogen and oxygen atoms in total. The van der Waals surface area contributed by atoms with Gasteiger partial charge in [0, 0.05) is 39.3 Å². The lowest BCUT2D eigenvalue weighted by atomic mass is 9.96. The molecule has 2 N–H and O–H groups in total. The van der Waals surface area contributed by atoms with Gasteiger partial charge in [-0.05, 0) is 48.2 Å². The van der Waals surface area contributed by atoms with Crippen LogP contribution in [0.15, 0.2) is 48.5 Å². The monoisotopic (exact) mass is 456 g/mol. The van der Waals surface area contributed by atoms with E-state index in [0.717, 1.165) is 37.1 Å². The number of carbonyl (C=O) groups is 2. The molecule has 1 atom stereocenters. The van der Waals surface area contributed by atoms with Crippen molar-refractivity contribution in [3.63, 3.8) is 0 Å². The Morgan fingerprint density at radius 1 is 0.879 bits per heavy atom. The van der Waals surface area contributed by atoms with Gasteiger partial charge >= 0.3 is 0 Å². The lowest BCUT2D eigenvalue weighted by Gasteiger charge is -2.40. The molecule has 0 spiro atoms. The molecule has 4 rings (SSSR count). The number of likely N-dealkylation sites (tertiary alicyclic amines) is 1. The molecule has 2 aliphatic rings. The zero-order valence-electron chi connectivity index (χ0n) is 18.6. The number of nitrogens with two attached hydrogens (primary N) is 1. The van der Waals surface area contributed by atoms with Crippen molar-refractivity contribution in [1.82, 2.24) is 14.7 Å². The summed E-state index contributed by atoms with van der Waals surface area (Å²) < 4.78 is 27.0. The summed E-state index contributed by atoms with van der Waals surface area (Å²) in [6.07, 6.45) is 1.54. The molecule has 33 heavy (non-hydrogen) atoms. The fourth-order valence-electron chi connectivity index (χ4n) is 4.81. The molecule has 176 valence electrons. The number of piperazine rings is 1. The Kier molecular flexibility index (Phi) is 7.35. The maximum absolute atomic E-state index is 13.5. The van der Waals surface area contributed by atoms with E-state index in [9.17, 15) is 18.4 Å². The molecular formula is C25H30F2N4O2. The Labute approximate surface area is 192 Å². The molecular weight excluding hydrogens is 426 g/mol. The van der Waals surface area contributed by atoms with Gasteiger partial charge in [-0.1, -0.05) is 24.3 Å². The first-order valence-electron chi connectivity index (χ1n) is 11.4. The molecule has 2 heterocycles. The summed E-state index contributed by atoms with van der Waals surface area (Å²) in [5.74, 6) is -1.16. The zero-order chi connectivity index (χ0) is 23.4. The average Bonchev–Trinajstić information content (AvgIpc) is 2.83. The number of rotatable bonds is 6. The van der Waals surface area contributed by atoms with Crippen molar-refractivity contribution in [2.24, 2.45) is 11.7 Å². The molecule has 2 aromatic carbocycles. The number of hydrogen-bond acceptors (Lipinski definition) is 4. The van der Waals surface area contributed by atoms with Gasteiger partial charge in [0.15, 0.2) is 0 Å². The van der Waals surface area contributed by atoms with Gasteiger partial charge in [-0.3, -0.25) is 19.4 Å². The summed E-state index contributed by atoms with van der Waals surface area (Å²) in [6, 6.07) is 12.7. The van der Waals surface area contributed by atoms with Gasteiger partial charge in [0.1, 0.15) is 11.6 Å². The van der Waals surface area contributed by atoms with Crippen molar-refractivity contribution < 1.29 is 18.4 Å². The molecule has 2 saturated heterocycles. The highest BCUT2D eigenvalue weighted by Crippen LogP contribution is 2.30. The maximum Gasteiger partial charge on any atom is 0.236 e. The molecule has 2 fully saturated rings. The van der Waals surface area contributed by atoms with Gasteiger partial charge < -0.3 is 10.6 Å². The molecule has 2 amide bonds. The minimum absolute atomic E-state index is 0.0306. The fraction of sp³-hybridized carbons (Fsp3) is 0.440. The van der Waals surface area contributed by atoms with Crippen LogP contribution in [0.2, 0.25) is 0 Å². The molecule has 0 aliphatic carbocycles. The number of primary amides is 1. The van der Waals surface area contributed by atoms with E-state index in [2.05, 4.69) is 9.80 Å². The van der Waals surface area contributed by atoms with E-state index in [1.54, 1.807) is 29.2 Å². The smallest absolute Gasteiger partial charge is 0.236 e. The summed E-state index contributed by atoms with van der Waals surface area (Å²) in [6.45, 7) is 4.24. The van der Waals surface area contributed by atoms with E-state index in [4.69, 9.17) is 5.73 Å². The van der Waals surface area contributed by atoms with Crippen molar-refractivity contribution in [3.8, 4) is 0 Å². The summed E-state index contributed by atoms with van der Waals surface area (Å²) in [5, 5.41) is 0. The maximum atomic E-state index is 13.5. The van der Waals surface area contributed by atoms with Crippen molar-refractivity contribution in [2.45, 2.75) is 18.9 Å². The minimum atomic E-state index is -0.339. The van der Waals surface area contributed by atoms with Crippen molar-refractivity contribution in [3.05, 3.63) is 71.3 Å². The van der Waals surface area contributed by atoms with Crippen LogP contribution < -0.4 is 5.73 Å². The van der Waals surface area contributed by atoms with E-state index in [0.29, 0.717) is 32.7 Å². The third-order valence-corrected chi connectivity index (χ3v) is 6.68. The predicted molar refractivity (Wildman–Crippen MR) is 121 cm³/mol. The molecule has 0 saturated carbocycles. The number of benzene rings is 2. The second-order valence-electron chi connectivity index (χ2n) is 8.90. The van der Waals surface area contributed by atoms with Crippen LogP contribution in [0.3, 0.4) is 0 Å². The number of amides is 2. The van der Waals surface area contributed by atoms with Gasteiger partial charge in [0.25, 0.3) is 0 Å². The van der Waals surface area contributed by atoms with Crippen LogP contribution in [0.1, 0.15) is 30.0 Å². The standard InChI is InChI=1S/C25H30F2N4O2/c26-21-7-3-18(4-8-21)24(19-5-9-22(27)10-6-19)30-14-12-29(13-15-30)17-23(32)31-11-1-2-20(16-31)25(28)33/h3-10,20,24H,1-2,11-17H2,(H2,28,33). The largest absolute Gasteiger partial charge is 0.369 e. The van der Waals surface area contributed by atoms with Gasteiger partial charge in [0.05, 0.1) is 18.5 Å². The van der Waals surface area contributed by atoms with Crippen LogP contribution in [-0.2, 0) is 9.59 Å². The summed E-state index contributed by atoms with van der Waals surface area (Å²) in [5.41, 5.74) is 7.32. The highest BCUT2D eigenvalue weighted by molar-refractivity contribution is 5.81. The van der Waals surface area contributed by atoms with E-state index < -0.39 is 0 Å². The Morgan fingerprint density at radius 2 is 1.42 bits per heavy atom. The Bertz CT molecular complexity index is 914. The van der Waals surface area contributed by atoms with E-state index in [-0.39, 0.29) is 35.4 Å². The molecule has 0 bridgehead atoms. The van der Waals surface area contributed by atoms with Gasteiger partial charge in [-0.15, -0.1) is 0 Å². The van der Waals surface area contributed by atoms with Crippen LogP contribution in [0, 0.1) is 17.6 Å². The third-order valence-electron chi connectivity index (χ3n) is 6.68. The van der Waals surface area contributed by atoms with Crippen LogP contribution >= 0.6 is 0 Å². The second kappa shape index (κ2) is 10.4. The molecule has 0 aromatic heterocycles. The number of nitrogens with zero attached hydrogens (tertiary/aromatic N) is 3. The molecule has 8 heteroatoms. The molecule has 2 aliphatic heterocycles. The second-order valence-corrected chi connectivity index (χ2v) is 8.90. The van der Waals surface area contributed by atoms with Gasteiger partial charge in [-0.25, -0.2) is 8.78 Å². The van der Waals surface area contributed by atoms with E-state index in [1.165, 1.54) is 24.3 Å². The first kappa shape index (κ1) is 23.3. The Morgan fingerprint density at radius 3 is 1.94 bits per heavy atom. The Balaban J connectivity index is 1.40. The lowest BCUT2D eigenvalue weighted by molar-refractivity contribution is -0.136. The highest BCUT2D eigenvalue weighted by Gasteiger charge is 2.30. The number of piperidine rings is 1. The van der Waals surface area contributed by atoms with E-state index in [1.807, 2.05) is 0 Å². The topological polar surface area (TPSA) is 69.9 Å². The Hall–Kier alpha value is -2.84.